The normalized spacial score (nSPS) is 13.8. The number of fused-ring (bicyclic) bond motifs is 1. The van der Waals surface area contributed by atoms with E-state index in [2.05, 4.69) is 41.2 Å². The van der Waals surface area contributed by atoms with Crippen LogP contribution in [-0.2, 0) is 0 Å². The van der Waals surface area contributed by atoms with Gasteiger partial charge in [0.05, 0.1) is 18.3 Å². The molecule has 1 unspecified atom stereocenters. The monoisotopic (exact) mass is 431 g/mol. The van der Waals surface area contributed by atoms with Crippen LogP contribution in [0, 0.1) is 24.6 Å². The SMILES string of the molecule is CC(=Nc1c(C)cc(-c2ccn3nc(NCC(C)(F)F)ncc23)cc1F)C(C)C(C)C. The van der Waals surface area contributed by atoms with Crippen LogP contribution in [0.3, 0.4) is 0 Å². The van der Waals surface area contributed by atoms with Crippen molar-refractivity contribution >= 4 is 22.9 Å². The molecule has 2 aromatic heterocycles. The number of aryl methyl sites for hydroxylation is 1. The van der Waals surface area contributed by atoms with Gasteiger partial charge in [-0.25, -0.2) is 22.7 Å². The number of aliphatic imine (C=N–C) groups is 1. The second kappa shape index (κ2) is 8.69. The highest BCUT2D eigenvalue weighted by Crippen LogP contribution is 2.33. The quantitative estimate of drug-likeness (QED) is 0.447. The fraction of sp³-hybridized carbons (Fsp3) is 0.435. The summed E-state index contributed by atoms with van der Waals surface area (Å²) in [6, 6.07) is 5.14. The van der Waals surface area contributed by atoms with Crippen molar-refractivity contribution in [3.63, 3.8) is 0 Å². The Morgan fingerprint density at radius 3 is 2.58 bits per heavy atom. The van der Waals surface area contributed by atoms with Crippen molar-refractivity contribution in [1.82, 2.24) is 14.6 Å². The van der Waals surface area contributed by atoms with E-state index in [-0.39, 0.29) is 11.9 Å². The summed E-state index contributed by atoms with van der Waals surface area (Å²) in [5.41, 5.74) is 4.04. The molecule has 0 aliphatic rings. The van der Waals surface area contributed by atoms with Crippen molar-refractivity contribution in [3.8, 4) is 11.1 Å². The average molecular weight is 432 g/mol. The highest BCUT2D eigenvalue weighted by atomic mass is 19.3. The molecule has 8 heteroatoms. The Morgan fingerprint density at radius 2 is 1.97 bits per heavy atom. The minimum absolute atomic E-state index is 0.0953. The van der Waals surface area contributed by atoms with Crippen LogP contribution in [0.4, 0.5) is 24.8 Å². The molecule has 3 rings (SSSR count). The molecule has 0 amide bonds. The molecule has 0 radical (unpaired) electrons. The van der Waals surface area contributed by atoms with Gasteiger partial charge in [0.2, 0.25) is 5.95 Å². The minimum Gasteiger partial charge on any atom is -0.347 e. The number of hydrogen-bond donors (Lipinski definition) is 1. The van der Waals surface area contributed by atoms with E-state index >= 15 is 0 Å². The number of hydrogen-bond acceptors (Lipinski definition) is 4. The fourth-order valence-corrected chi connectivity index (χ4v) is 3.25. The summed E-state index contributed by atoms with van der Waals surface area (Å²) in [7, 11) is 0. The molecule has 0 saturated carbocycles. The lowest BCUT2D eigenvalue weighted by atomic mass is 9.93. The molecule has 0 aliphatic carbocycles. The van der Waals surface area contributed by atoms with Crippen LogP contribution in [0.2, 0.25) is 0 Å². The molecule has 166 valence electrons. The van der Waals surface area contributed by atoms with Crippen LogP contribution >= 0.6 is 0 Å². The van der Waals surface area contributed by atoms with Crippen molar-refractivity contribution in [3.05, 3.63) is 42.0 Å². The predicted octanol–water partition coefficient (Wildman–Crippen LogP) is 6.30. The summed E-state index contributed by atoms with van der Waals surface area (Å²) in [6.45, 7) is 10.3. The van der Waals surface area contributed by atoms with Crippen molar-refractivity contribution < 1.29 is 13.2 Å². The number of nitrogens with one attached hydrogen (secondary N) is 1. The van der Waals surface area contributed by atoms with Gasteiger partial charge in [0.1, 0.15) is 11.5 Å². The lowest BCUT2D eigenvalue weighted by molar-refractivity contribution is 0.0365. The number of rotatable bonds is 7. The molecule has 0 bridgehead atoms. The van der Waals surface area contributed by atoms with Crippen molar-refractivity contribution in [2.24, 2.45) is 16.8 Å². The van der Waals surface area contributed by atoms with E-state index in [0.717, 1.165) is 23.8 Å². The number of anilines is 1. The first-order chi connectivity index (χ1) is 14.5. The summed E-state index contributed by atoms with van der Waals surface area (Å²) in [5.74, 6) is -2.50. The van der Waals surface area contributed by atoms with E-state index in [0.29, 0.717) is 22.7 Å². The second-order valence-electron chi connectivity index (χ2n) is 8.47. The molecule has 1 aromatic carbocycles. The predicted molar refractivity (Wildman–Crippen MR) is 119 cm³/mol. The number of alkyl halides is 2. The van der Waals surface area contributed by atoms with Crippen molar-refractivity contribution in [1.29, 1.82) is 0 Å². The molecule has 1 N–H and O–H groups in total. The Balaban J connectivity index is 1.94. The Labute approximate surface area is 180 Å². The Hall–Kier alpha value is -2.90. The van der Waals surface area contributed by atoms with Gasteiger partial charge >= 0.3 is 0 Å². The van der Waals surface area contributed by atoms with E-state index in [1.807, 2.05) is 19.9 Å². The van der Waals surface area contributed by atoms with E-state index < -0.39 is 18.3 Å². The lowest BCUT2D eigenvalue weighted by Crippen LogP contribution is -2.24. The van der Waals surface area contributed by atoms with Gasteiger partial charge in [0.25, 0.3) is 5.92 Å². The van der Waals surface area contributed by atoms with Gasteiger partial charge in [-0.15, -0.1) is 5.10 Å². The molecule has 2 heterocycles. The van der Waals surface area contributed by atoms with Gasteiger partial charge in [0, 0.05) is 24.4 Å². The first-order valence-corrected chi connectivity index (χ1v) is 10.3. The molecule has 3 aromatic rings. The van der Waals surface area contributed by atoms with E-state index in [1.54, 1.807) is 12.3 Å². The van der Waals surface area contributed by atoms with Crippen molar-refractivity contribution in [2.75, 3.05) is 11.9 Å². The summed E-state index contributed by atoms with van der Waals surface area (Å²) in [5, 5.41) is 6.73. The molecule has 0 aliphatic heterocycles. The van der Waals surface area contributed by atoms with Crippen molar-refractivity contribution in [2.45, 2.75) is 47.5 Å². The molecule has 0 saturated heterocycles. The van der Waals surface area contributed by atoms with E-state index in [4.69, 9.17) is 0 Å². The summed E-state index contributed by atoms with van der Waals surface area (Å²) in [4.78, 5) is 8.67. The molecule has 0 fully saturated rings. The van der Waals surface area contributed by atoms with E-state index in [1.165, 1.54) is 16.8 Å². The number of nitrogens with zero attached hydrogens (tertiary/aromatic N) is 4. The van der Waals surface area contributed by atoms with Gasteiger partial charge in [0.15, 0.2) is 0 Å². The maximum absolute atomic E-state index is 15.0. The first kappa shape index (κ1) is 22.8. The van der Waals surface area contributed by atoms with Gasteiger partial charge in [-0.3, -0.25) is 4.99 Å². The zero-order valence-electron chi connectivity index (χ0n) is 18.7. The van der Waals surface area contributed by atoms with E-state index in [9.17, 15) is 13.2 Å². The highest BCUT2D eigenvalue weighted by molar-refractivity contribution is 5.88. The van der Waals surface area contributed by atoms with Gasteiger partial charge in [-0.2, -0.15) is 0 Å². The first-order valence-electron chi connectivity index (χ1n) is 10.3. The molecule has 0 spiro atoms. The number of halogens is 3. The van der Waals surface area contributed by atoms with Crippen LogP contribution in [0.5, 0.6) is 0 Å². The molecule has 1 atom stereocenters. The van der Waals surface area contributed by atoms with Crippen LogP contribution in [0.1, 0.15) is 40.2 Å². The Kier molecular flexibility index (Phi) is 6.38. The van der Waals surface area contributed by atoms with Crippen LogP contribution in [0.25, 0.3) is 16.6 Å². The van der Waals surface area contributed by atoms with Gasteiger partial charge in [-0.05, 0) is 55.0 Å². The largest absolute Gasteiger partial charge is 0.347 e. The van der Waals surface area contributed by atoms with Gasteiger partial charge < -0.3 is 5.32 Å². The van der Waals surface area contributed by atoms with Gasteiger partial charge in [-0.1, -0.05) is 20.8 Å². The van der Waals surface area contributed by atoms with Crippen LogP contribution in [0.15, 0.2) is 35.6 Å². The third-order valence-electron chi connectivity index (χ3n) is 5.49. The maximum atomic E-state index is 15.0. The molecular weight excluding hydrogens is 403 g/mol. The topological polar surface area (TPSA) is 54.6 Å². The second-order valence-corrected chi connectivity index (χ2v) is 8.47. The third kappa shape index (κ3) is 5.24. The zero-order valence-corrected chi connectivity index (χ0v) is 18.7. The molecular formula is C23H28F3N5. The summed E-state index contributed by atoms with van der Waals surface area (Å²) in [6.07, 6.45) is 3.22. The zero-order chi connectivity index (χ0) is 22.9. The summed E-state index contributed by atoms with van der Waals surface area (Å²) >= 11 is 0. The highest BCUT2D eigenvalue weighted by Gasteiger charge is 2.21. The minimum atomic E-state index is -2.87. The average Bonchev–Trinajstić information content (AvgIpc) is 3.10. The standard InChI is InChI=1S/C23H28F3N5/c1-13(2)15(4)16(5)29-21-14(3)9-17(10-19(21)24)18-7-8-31-20(18)11-27-22(30-31)28-12-23(6,25)26/h7-11,13,15H,12H2,1-6H3,(H,28,30). The fourth-order valence-electron chi connectivity index (χ4n) is 3.25. The Morgan fingerprint density at radius 1 is 1.26 bits per heavy atom. The lowest BCUT2D eigenvalue weighted by Gasteiger charge is -2.16. The third-order valence-corrected chi connectivity index (χ3v) is 5.49. The van der Waals surface area contributed by atoms with Crippen LogP contribution in [-0.4, -0.2) is 32.8 Å². The number of benzene rings is 1. The molecule has 5 nitrogen and oxygen atoms in total. The smallest absolute Gasteiger partial charge is 0.262 e. The molecule has 31 heavy (non-hydrogen) atoms. The summed E-state index contributed by atoms with van der Waals surface area (Å²) < 4.78 is 42.6. The van der Waals surface area contributed by atoms with Crippen LogP contribution < -0.4 is 5.32 Å². The number of aromatic nitrogens is 3. The maximum Gasteiger partial charge on any atom is 0.262 e. The Bertz CT molecular complexity index is 1090.